The molecule has 2 heterocycles. The molecule has 1 N–H and O–H groups in total. The van der Waals surface area contributed by atoms with Crippen LogP contribution < -0.4 is 5.32 Å². The van der Waals surface area contributed by atoms with E-state index in [1.54, 1.807) is 13.8 Å². The highest BCUT2D eigenvalue weighted by Crippen LogP contribution is 2.26. The Labute approximate surface area is 124 Å². The molecule has 0 aromatic carbocycles. The monoisotopic (exact) mass is 319 g/mol. The molecule has 2 fully saturated rings. The molecule has 2 rings (SSSR count). The highest BCUT2D eigenvalue weighted by Gasteiger charge is 2.49. The summed E-state index contributed by atoms with van der Waals surface area (Å²) in [6.45, 7) is 6.60. The Morgan fingerprint density at radius 2 is 1.71 bits per heavy atom. The number of morpholine rings is 1. The SMILES string of the molecule is CC1CN(S(=O)(=O)N2CC(=O)NC(=O)C2(C)C)CC(C)O1. The topological polar surface area (TPSA) is 96.0 Å². The molecular formula is C12H21N3O5S. The van der Waals surface area contributed by atoms with Crippen molar-refractivity contribution in [2.24, 2.45) is 0 Å². The molecule has 2 aliphatic rings. The van der Waals surface area contributed by atoms with E-state index in [0.717, 1.165) is 4.31 Å². The van der Waals surface area contributed by atoms with E-state index in [1.165, 1.54) is 18.2 Å². The van der Waals surface area contributed by atoms with Gasteiger partial charge in [-0.3, -0.25) is 14.9 Å². The van der Waals surface area contributed by atoms with E-state index in [2.05, 4.69) is 5.32 Å². The van der Waals surface area contributed by atoms with Gasteiger partial charge in [0.15, 0.2) is 0 Å². The first kappa shape index (κ1) is 16.3. The lowest BCUT2D eigenvalue weighted by atomic mass is 10.0. The number of piperazine rings is 1. The first-order valence-corrected chi connectivity index (χ1v) is 8.22. The largest absolute Gasteiger partial charge is 0.373 e. The minimum absolute atomic E-state index is 0.203. The smallest absolute Gasteiger partial charge is 0.283 e. The lowest BCUT2D eigenvalue weighted by Crippen LogP contribution is -2.68. The van der Waals surface area contributed by atoms with E-state index in [-0.39, 0.29) is 31.8 Å². The Hall–Kier alpha value is -1.03. The molecule has 2 saturated heterocycles. The molecule has 2 unspecified atom stereocenters. The third-order valence-electron chi connectivity index (χ3n) is 3.71. The number of carbonyl (C=O) groups excluding carboxylic acids is 2. The van der Waals surface area contributed by atoms with Crippen LogP contribution in [-0.4, -0.2) is 66.2 Å². The summed E-state index contributed by atoms with van der Waals surface area (Å²) in [6.07, 6.45) is -0.470. The van der Waals surface area contributed by atoms with Gasteiger partial charge in [0.05, 0.1) is 18.8 Å². The lowest BCUT2D eigenvalue weighted by molar-refractivity contribution is -0.141. The van der Waals surface area contributed by atoms with Gasteiger partial charge in [0, 0.05) is 13.1 Å². The van der Waals surface area contributed by atoms with Crippen LogP contribution in [0.1, 0.15) is 27.7 Å². The number of hydrogen-bond donors (Lipinski definition) is 1. The summed E-state index contributed by atoms with van der Waals surface area (Å²) in [5.74, 6) is -1.23. The molecule has 2 aliphatic heterocycles. The summed E-state index contributed by atoms with van der Waals surface area (Å²) in [4.78, 5) is 23.5. The van der Waals surface area contributed by atoms with Gasteiger partial charge in [0.2, 0.25) is 11.8 Å². The predicted octanol–water partition coefficient (Wildman–Crippen LogP) is -0.923. The first-order chi connectivity index (χ1) is 9.55. The van der Waals surface area contributed by atoms with Crippen LogP contribution in [0, 0.1) is 0 Å². The summed E-state index contributed by atoms with van der Waals surface area (Å²) >= 11 is 0. The molecule has 21 heavy (non-hydrogen) atoms. The number of amides is 2. The molecule has 0 aromatic rings. The van der Waals surface area contributed by atoms with Crippen LogP contribution in [0.25, 0.3) is 0 Å². The second-order valence-electron chi connectivity index (χ2n) is 6.03. The molecule has 0 aromatic heterocycles. The van der Waals surface area contributed by atoms with Gasteiger partial charge in [0.25, 0.3) is 10.2 Å². The van der Waals surface area contributed by atoms with E-state index in [0.29, 0.717) is 0 Å². The Balaban J connectivity index is 2.33. The van der Waals surface area contributed by atoms with Crippen LogP contribution in [0.3, 0.4) is 0 Å². The lowest BCUT2D eigenvalue weighted by Gasteiger charge is -2.43. The molecule has 2 atom stereocenters. The fraction of sp³-hybridized carbons (Fsp3) is 0.833. The van der Waals surface area contributed by atoms with Gasteiger partial charge in [-0.25, -0.2) is 0 Å². The van der Waals surface area contributed by atoms with Crippen LogP contribution in [0.2, 0.25) is 0 Å². The van der Waals surface area contributed by atoms with Crippen molar-refractivity contribution in [3.63, 3.8) is 0 Å². The summed E-state index contributed by atoms with van der Waals surface area (Å²) in [5.41, 5.74) is -1.31. The number of hydrogen-bond acceptors (Lipinski definition) is 5. The van der Waals surface area contributed by atoms with Crippen LogP contribution in [-0.2, 0) is 24.5 Å². The van der Waals surface area contributed by atoms with Crippen LogP contribution in [0.15, 0.2) is 0 Å². The number of nitrogens with one attached hydrogen (secondary N) is 1. The van der Waals surface area contributed by atoms with E-state index < -0.39 is 27.6 Å². The van der Waals surface area contributed by atoms with Crippen LogP contribution >= 0.6 is 0 Å². The van der Waals surface area contributed by atoms with Crippen molar-refractivity contribution in [2.75, 3.05) is 19.6 Å². The maximum absolute atomic E-state index is 12.8. The van der Waals surface area contributed by atoms with Crippen molar-refractivity contribution in [3.8, 4) is 0 Å². The van der Waals surface area contributed by atoms with E-state index >= 15 is 0 Å². The number of nitrogens with zero attached hydrogens (tertiary/aromatic N) is 2. The van der Waals surface area contributed by atoms with E-state index in [1.807, 2.05) is 0 Å². The predicted molar refractivity (Wildman–Crippen MR) is 74.4 cm³/mol. The number of rotatable bonds is 2. The maximum atomic E-state index is 12.8. The Morgan fingerprint density at radius 3 is 2.24 bits per heavy atom. The molecule has 0 aliphatic carbocycles. The fourth-order valence-electron chi connectivity index (χ4n) is 2.59. The second-order valence-corrected chi connectivity index (χ2v) is 7.88. The standard InChI is InChI=1S/C12H21N3O5S/c1-8-5-14(6-9(2)20-8)21(18,19)15-7-10(16)13-11(17)12(15,3)4/h8-9H,5-7H2,1-4H3,(H,13,16,17). The summed E-state index contributed by atoms with van der Waals surface area (Å²) < 4.78 is 33.4. The molecule has 0 spiro atoms. The average molecular weight is 319 g/mol. The number of imide groups is 1. The zero-order valence-electron chi connectivity index (χ0n) is 12.6. The highest BCUT2D eigenvalue weighted by molar-refractivity contribution is 7.86. The number of ether oxygens (including phenoxy) is 1. The third-order valence-corrected chi connectivity index (χ3v) is 5.80. The molecule has 2 amide bonds. The number of carbonyl (C=O) groups is 2. The maximum Gasteiger partial charge on any atom is 0.283 e. The van der Waals surface area contributed by atoms with Gasteiger partial charge in [-0.2, -0.15) is 17.0 Å². The quantitative estimate of drug-likeness (QED) is 0.664. The summed E-state index contributed by atoms with van der Waals surface area (Å²) in [6, 6.07) is 0. The van der Waals surface area contributed by atoms with Crippen LogP contribution in [0.5, 0.6) is 0 Å². The first-order valence-electron chi connectivity index (χ1n) is 6.83. The summed E-state index contributed by atoms with van der Waals surface area (Å²) in [5, 5.41) is 2.16. The zero-order chi connectivity index (χ0) is 16.0. The minimum Gasteiger partial charge on any atom is -0.373 e. The normalized spacial score (nSPS) is 32.0. The molecular weight excluding hydrogens is 298 g/mol. The Kier molecular flexibility index (Phi) is 4.13. The molecule has 8 nitrogen and oxygen atoms in total. The van der Waals surface area contributed by atoms with Gasteiger partial charge in [-0.05, 0) is 27.7 Å². The van der Waals surface area contributed by atoms with Gasteiger partial charge in [0.1, 0.15) is 5.54 Å². The molecule has 9 heteroatoms. The van der Waals surface area contributed by atoms with Crippen molar-refractivity contribution in [1.29, 1.82) is 0 Å². The zero-order valence-corrected chi connectivity index (χ0v) is 13.4. The second kappa shape index (κ2) is 5.31. The fourth-order valence-corrected chi connectivity index (χ4v) is 4.60. The average Bonchev–Trinajstić information content (AvgIpc) is 2.32. The van der Waals surface area contributed by atoms with E-state index in [9.17, 15) is 18.0 Å². The third kappa shape index (κ3) is 2.96. The molecule has 0 bridgehead atoms. The molecule has 0 saturated carbocycles. The van der Waals surface area contributed by atoms with Gasteiger partial charge >= 0.3 is 0 Å². The van der Waals surface area contributed by atoms with E-state index in [4.69, 9.17) is 4.74 Å². The van der Waals surface area contributed by atoms with Crippen molar-refractivity contribution in [2.45, 2.75) is 45.4 Å². The van der Waals surface area contributed by atoms with Crippen molar-refractivity contribution < 1.29 is 22.7 Å². The van der Waals surface area contributed by atoms with Crippen molar-refractivity contribution >= 4 is 22.0 Å². The Bertz CT molecular complexity index is 549. The van der Waals surface area contributed by atoms with Gasteiger partial charge < -0.3 is 4.74 Å². The van der Waals surface area contributed by atoms with Crippen molar-refractivity contribution in [3.05, 3.63) is 0 Å². The highest BCUT2D eigenvalue weighted by atomic mass is 32.2. The van der Waals surface area contributed by atoms with Crippen LogP contribution in [0.4, 0.5) is 0 Å². The molecule has 120 valence electrons. The summed E-state index contributed by atoms with van der Waals surface area (Å²) in [7, 11) is -3.92. The molecule has 0 radical (unpaired) electrons. The van der Waals surface area contributed by atoms with Gasteiger partial charge in [-0.1, -0.05) is 0 Å². The minimum atomic E-state index is -3.92. The van der Waals surface area contributed by atoms with Crippen molar-refractivity contribution in [1.82, 2.24) is 13.9 Å². The Morgan fingerprint density at radius 1 is 1.19 bits per heavy atom. The van der Waals surface area contributed by atoms with Gasteiger partial charge in [-0.15, -0.1) is 0 Å².